The number of nitrogens with zero attached hydrogens (tertiary/aromatic N) is 1. The van der Waals surface area contributed by atoms with Gasteiger partial charge in [-0.25, -0.2) is 0 Å². The highest BCUT2D eigenvalue weighted by atomic mass is 16.4. The summed E-state index contributed by atoms with van der Waals surface area (Å²) in [6.07, 6.45) is 0. The number of rotatable bonds is 4. The fourth-order valence-electron chi connectivity index (χ4n) is 1.70. The minimum absolute atomic E-state index is 0.0234. The normalized spacial score (nSPS) is 13.7. The molecular weight excluding hydrogens is 206 g/mol. The van der Waals surface area contributed by atoms with Crippen molar-refractivity contribution < 1.29 is 14.7 Å². The molecule has 4 heteroatoms. The first kappa shape index (κ1) is 14.9. The van der Waals surface area contributed by atoms with Gasteiger partial charge in [0.15, 0.2) is 0 Å². The number of carboxylic acids is 1. The second-order valence-corrected chi connectivity index (χ2v) is 5.81. The van der Waals surface area contributed by atoms with Crippen LogP contribution in [0, 0.1) is 17.3 Å². The van der Waals surface area contributed by atoms with Crippen LogP contribution in [0.2, 0.25) is 0 Å². The first-order chi connectivity index (χ1) is 7.06. The van der Waals surface area contributed by atoms with Crippen molar-refractivity contribution >= 4 is 11.9 Å². The van der Waals surface area contributed by atoms with Crippen molar-refractivity contribution in [2.45, 2.75) is 34.6 Å². The molecular formula is C12H23NO3. The highest BCUT2D eigenvalue weighted by Gasteiger charge is 2.32. The standard InChI is InChI=1S/C12H23NO3/c1-8(2)9(11(15)16)10(14)13(6)7-12(3,4)5/h8-9H,7H2,1-6H3,(H,15,16). The molecule has 0 aromatic carbocycles. The van der Waals surface area contributed by atoms with Gasteiger partial charge in [-0.15, -0.1) is 0 Å². The fourth-order valence-corrected chi connectivity index (χ4v) is 1.70. The molecule has 0 aliphatic carbocycles. The van der Waals surface area contributed by atoms with Gasteiger partial charge in [-0.2, -0.15) is 0 Å². The molecule has 0 saturated heterocycles. The Hall–Kier alpha value is -1.06. The Morgan fingerprint density at radius 1 is 1.25 bits per heavy atom. The molecule has 0 radical (unpaired) electrons. The maximum absolute atomic E-state index is 11.9. The number of hydrogen-bond donors (Lipinski definition) is 1. The van der Waals surface area contributed by atoms with Crippen LogP contribution in [0.15, 0.2) is 0 Å². The molecule has 0 heterocycles. The van der Waals surface area contributed by atoms with E-state index < -0.39 is 11.9 Å². The van der Waals surface area contributed by atoms with Crippen molar-refractivity contribution in [2.75, 3.05) is 13.6 Å². The summed E-state index contributed by atoms with van der Waals surface area (Å²) in [6.45, 7) is 10.1. The molecule has 0 aliphatic rings. The minimum Gasteiger partial charge on any atom is -0.481 e. The molecule has 0 aromatic heterocycles. The van der Waals surface area contributed by atoms with Crippen LogP contribution in [-0.4, -0.2) is 35.5 Å². The lowest BCUT2D eigenvalue weighted by atomic mass is 9.92. The summed E-state index contributed by atoms with van der Waals surface area (Å²) in [4.78, 5) is 24.5. The van der Waals surface area contributed by atoms with Crippen LogP contribution in [-0.2, 0) is 9.59 Å². The molecule has 1 N–H and O–H groups in total. The van der Waals surface area contributed by atoms with Crippen molar-refractivity contribution in [1.29, 1.82) is 0 Å². The highest BCUT2D eigenvalue weighted by molar-refractivity contribution is 5.97. The van der Waals surface area contributed by atoms with Gasteiger partial charge in [-0.1, -0.05) is 34.6 Å². The van der Waals surface area contributed by atoms with Crippen molar-refractivity contribution in [1.82, 2.24) is 4.90 Å². The van der Waals surface area contributed by atoms with E-state index in [1.165, 1.54) is 4.90 Å². The van der Waals surface area contributed by atoms with Crippen LogP contribution in [0.3, 0.4) is 0 Å². The Kier molecular flexibility index (Phi) is 4.97. The molecule has 16 heavy (non-hydrogen) atoms. The van der Waals surface area contributed by atoms with E-state index >= 15 is 0 Å². The van der Waals surface area contributed by atoms with E-state index in [0.29, 0.717) is 6.54 Å². The Balaban J connectivity index is 4.69. The molecule has 0 saturated carbocycles. The van der Waals surface area contributed by atoms with Gasteiger partial charge < -0.3 is 10.0 Å². The largest absolute Gasteiger partial charge is 0.481 e. The molecule has 0 bridgehead atoms. The van der Waals surface area contributed by atoms with Crippen LogP contribution in [0.5, 0.6) is 0 Å². The first-order valence-corrected chi connectivity index (χ1v) is 5.54. The Labute approximate surface area is 97.6 Å². The summed E-state index contributed by atoms with van der Waals surface area (Å²) in [6, 6.07) is 0. The molecule has 0 spiro atoms. The zero-order chi connectivity index (χ0) is 13.1. The lowest BCUT2D eigenvalue weighted by molar-refractivity contribution is -0.153. The third-order valence-corrected chi connectivity index (χ3v) is 2.29. The second-order valence-electron chi connectivity index (χ2n) is 5.81. The quantitative estimate of drug-likeness (QED) is 0.748. The fraction of sp³-hybridized carbons (Fsp3) is 0.833. The van der Waals surface area contributed by atoms with E-state index in [4.69, 9.17) is 5.11 Å². The molecule has 1 atom stereocenters. The van der Waals surface area contributed by atoms with Crippen molar-refractivity contribution in [3.05, 3.63) is 0 Å². The number of carboxylic acid groups (broad SMARTS) is 1. The monoisotopic (exact) mass is 229 g/mol. The second kappa shape index (κ2) is 5.32. The molecule has 94 valence electrons. The summed E-state index contributed by atoms with van der Waals surface area (Å²) in [5.74, 6) is -2.47. The zero-order valence-corrected chi connectivity index (χ0v) is 11.1. The predicted octanol–water partition coefficient (Wildman–Crippen LogP) is 1.85. The summed E-state index contributed by atoms with van der Waals surface area (Å²) in [5.41, 5.74) is -0.0234. The van der Waals surface area contributed by atoms with Gasteiger partial charge in [0.1, 0.15) is 5.92 Å². The van der Waals surface area contributed by atoms with Gasteiger partial charge in [0.05, 0.1) is 0 Å². The van der Waals surface area contributed by atoms with Gasteiger partial charge >= 0.3 is 5.97 Å². The number of aliphatic carboxylic acids is 1. The maximum atomic E-state index is 11.9. The van der Waals surface area contributed by atoms with Gasteiger partial charge in [0, 0.05) is 13.6 Å². The third kappa shape index (κ3) is 4.64. The van der Waals surface area contributed by atoms with Gasteiger partial charge in [-0.3, -0.25) is 9.59 Å². The van der Waals surface area contributed by atoms with Crippen molar-refractivity contribution in [3.63, 3.8) is 0 Å². The topological polar surface area (TPSA) is 57.6 Å². The maximum Gasteiger partial charge on any atom is 0.316 e. The third-order valence-electron chi connectivity index (χ3n) is 2.29. The molecule has 0 aromatic rings. The Morgan fingerprint density at radius 2 is 1.69 bits per heavy atom. The summed E-state index contributed by atoms with van der Waals surface area (Å²) < 4.78 is 0. The number of carbonyl (C=O) groups excluding carboxylic acids is 1. The number of amides is 1. The molecule has 1 amide bonds. The average molecular weight is 229 g/mol. The number of carbonyl (C=O) groups is 2. The van der Waals surface area contributed by atoms with Crippen LogP contribution in [0.1, 0.15) is 34.6 Å². The summed E-state index contributed by atoms with van der Waals surface area (Å²) in [5, 5.41) is 9.01. The lowest BCUT2D eigenvalue weighted by Gasteiger charge is -2.29. The highest BCUT2D eigenvalue weighted by Crippen LogP contribution is 2.19. The van der Waals surface area contributed by atoms with E-state index in [-0.39, 0.29) is 17.2 Å². The number of hydrogen-bond acceptors (Lipinski definition) is 2. The molecule has 4 nitrogen and oxygen atoms in total. The van der Waals surface area contributed by atoms with E-state index in [9.17, 15) is 9.59 Å². The minimum atomic E-state index is -1.04. The predicted molar refractivity (Wildman–Crippen MR) is 63.1 cm³/mol. The van der Waals surface area contributed by atoms with Crippen LogP contribution >= 0.6 is 0 Å². The zero-order valence-electron chi connectivity index (χ0n) is 11.1. The van der Waals surface area contributed by atoms with Crippen LogP contribution in [0.4, 0.5) is 0 Å². The molecule has 0 fully saturated rings. The van der Waals surface area contributed by atoms with E-state index in [1.54, 1.807) is 20.9 Å². The van der Waals surface area contributed by atoms with Gasteiger partial charge in [-0.05, 0) is 11.3 Å². The Bertz CT molecular complexity index is 266. The molecule has 0 rings (SSSR count). The van der Waals surface area contributed by atoms with E-state index in [0.717, 1.165) is 0 Å². The smallest absolute Gasteiger partial charge is 0.316 e. The van der Waals surface area contributed by atoms with Crippen LogP contribution < -0.4 is 0 Å². The van der Waals surface area contributed by atoms with Gasteiger partial charge in [0.25, 0.3) is 0 Å². The average Bonchev–Trinajstić information content (AvgIpc) is 1.98. The van der Waals surface area contributed by atoms with Crippen molar-refractivity contribution in [2.24, 2.45) is 17.3 Å². The summed E-state index contributed by atoms with van der Waals surface area (Å²) >= 11 is 0. The van der Waals surface area contributed by atoms with Crippen LogP contribution in [0.25, 0.3) is 0 Å². The SMILES string of the molecule is CC(C)C(C(=O)O)C(=O)N(C)CC(C)(C)C. The van der Waals surface area contributed by atoms with Crippen molar-refractivity contribution in [3.8, 4) is 0 Å². The van der Waals surface area contributed by atoms with Gasteiger partial charge in [0.2, 0.25) is 5.91 Å². The lowest BCUT2D eigenvalue weighted by Crippen LogP contribution is -2.42. The Morgan fingerprint density at radius 3 is 1.94 bits per heavy atom. The molecule has 1 unspecified atom stereocenters. The van der Waals surface area contributed by atoms with E-state index in [1.807, 2.05) is 20.8 Å². The molecule has 0 aliphatic heterocycles. The van der Waals surface area contributed by atoms with E-state index in [2.05, 4.69) is 0 Å². The summed E-state index contributed by atoms with van der Waals surface area (Å²) in [7, 11) is 1.66. The first-order valence-electron chi connectivity index (χ1n) is 5.54.